The van der Waals surface area contributed by atoms with E-state index in [4.69, 9.17) is 4.99 Å². The molecular weight excluding hydrogens is 449 g/mol. The number of rotatable bonds is 3. The monoisotopic (exact) mass is 491 g/mol. The molecule has 2 saturated heterocycles. The largest absolute Gasteiger partial charge is 0.357 e. The van der Waals surface area contributed by atoms with Crippen molar-refractivity contribution in [3.8, 4) is 0 Å². The van der Waals surface area contributed by atoms with Crippen LogP contribution in [0.3, 0.4) is 0 Å². The van der Waals surface area contributed by atoms with E-state index in [9.17, 15) is 0 Å². The van der Waals surface area contributed by atoms with Crippen molar-refractivity contribution >= 4 is 29.9 Å². The molecule has 3 aliphatic rings. The molecule has 1 aliphatic carbocycles. The molecule has 0 amide bonds. The van der Waals surface area contributed by atoms with Crippen LogP contribution in [0.4, 0.5) is 0 Å². The summed E-state index contributed by atoms with van der Waals surface area (Å²) in [6.45, 7) is 9.92. The Kier molecular flexibility index (Phi) is 9.62. The number of likely N-dealkylation sites (N-methyl/N-ethyl adjacent to an activating group) is 2. The maximum Gasteiger partial charge on any atom is 0.193 e. The maximum absolute atomic E-state index is 5.11. The molecule has 158 valence electrons. The summed E-state index contributed by atoms with van der Waals surface area (Å²) in [5.74, 6) is 1.16. The lowest BCUT2D eigenvalue weighted by molar-refractivity contribution is 0.112. The van der Waals surface area contributed by atoms with Crippen LogP contribution >= 0.6 is 24.0 Å². The van der Waals surface area contributed by atoms with E-state index in [1.807, 2.05) is 0 Å². The number of halogens is 1. The van der Waals surface area contributed by atoms with Gasteiger partial charge in [-0.25, -0.2) is 0 Å². The molecular formula is C21H42IN5. The molecule has 0 aromatic heterocycles. The van der Waals surface area contributed by atoms with E-state index < -0.39 is 0 Å². The molecule has 0 radical (unpaired) electrons. The van der Waals surface area contributed by atoms with Crippen molar-refractivity contribution in [3.63, 3.8) is 0 Å². The second-order valence-electron chi connectivity index (χ2n) is 9.03. The van der Waals surface area contributed by atoms with Gasteiger partial charge in [0.25, 0.3) is 0 Å². The highest BCUT2D eigenvalue weighted by Crippen LogP contribution is 2.42. The average molecular weight is 492 g/mol. The van der Waals surface area contributed by atoms with Crippen LogP contribution in [0.1, 0.15) is 58.3 Å². The quantitative estimate of drug-likeness (QED) is 0.374. The molecule has 1 unspecified atom stereocenters. The average Bonchev–Trinajstić information content (AvgIpc) is 2.86. The third kappa shape index (κ3) is 6.46. The number of piperidine rings is 1. The lowest BCUT2D eigenvalue weighted by Gasteiger charge is -2.44. The number of nitrogens with one attached hydrogen (secondary N) is 1. The number of hydrogen-bond acceptors (Lipinski definition) is 3. The zero-order valence-corrected chi connectivity index (χ0v) is 20.2. The number of aliphatic imine (C=N–C) groups is 1. The van der Waals surface area contributed by atoms with E-state index in [0.29, 0.717) is 11.5 Å². The Hall–Kier alpha value is -0.0800. The van der Waals surface area contributed by atoms with E-state index in [0.717, 1.165) is 32.1 Å². The zero-order valence-electron chi connectivity index (χ0n) is 17.9. The van der Waals surface area contributed by atoms with Gasteiger partial charge in [0.1, 0.15) is 0 Å². The molecule has 6 heteroatoms. The molecule has 3 rings (SSSR count). The number of likely N-dealkylation sites (tertiary alicyclic amines) is 1. The summed E-state index contributed by atoms with van der Waals surface area (Å²) in [7, 11) is 4.48. The van der Waals surface area contributed by atoms with E-state index in [2.05, 4.69) is 41.0 Å². The molecule has 1 spiro atoms. The van der Waals surface area contributed by atoms with Crippen molar-refractivity contribution in [2.75, 3.05) is 59.9 Å². The van der Waals surface area contributed by atoms with Gasteiger partial charge in [-0.3, -0.25) is 9.89 Å². The standard InChI is InChI=1S/C21H41N5.HI/c1-4-22-20(23-16-19-17-24(2)14-15-25(19)3)26-13-9-12-21(18-26)10-7-5-6-8-11-21;/h19H,4-18H2,1-3H3,(H,22,23);1H. The highest BCUT2D eigenvalue weighted by atomic mass is 127. The Morgan fingerprint density at radius 1 is 1.00 bits per heavy atom. The number of nitrogens with zero attached hydrogens (tertiary/aromatic N) is 4. The second-order valence-corrected chi connectivity index (χ2v) is 9.03. The van der Waals surface area contributed by atoms with E-state index in [1.165, 1.54) is 71.0 Å². The van der Waals surface area contributed by atoms with Gasteiger partial charge in [0.05, 0.1) is 6.54 Å². The van der Waals surface area contributed by atoms with Crippen LogP contribution in [0, 0.1) is 5.41 Å². The summed E-state index contributed by atoms with van der Waals surface area (Å²) >= 11 is 0. The first-order chi connectivity index (χ1) is 12.6. The number of hydrogen-bond donors (Lipinski definition) is 1. The van der Waals surface area contributed by atoms with Gasteiger partial charge in [-0.2, -0.15) is 0 Å². The molecule has 0 bridgehead atoms. The van der Waals surface area contributed by atoms with Crippen molar-refractivity contribution in [2.45, 2.75) is 64.3 Å². The highest BCUT2D eigenvalue weighted by molar-refractivity contribution is 14.0. The van der Waals surface area contributed by atoms with Gasteiger partial charge in [-0.05, 0) is 52.1 Å². The molecule has 2 aliphatic heterocycles. The van der Waals surface area contributed by atoms with Gasteiger partial charge in [-0.1, -0.05) is 25.7 Å². The summed E-state index contributed by atoms with van der Waals surface area (Å²) in [6, 6.07) is 0.541. The zero-order chi connectivity index (χ0) is 18.4. The maximum atomic E-state index is 5.11. The Balaban J connectivity index is 0.00000261. The first kappa shape index (κ1) is 23.2. The normalized spacial score (nSPS) is 27.9. The Morgan fingerprint density at radius 2 is 1.70 bits per heavy atom. The van der Waals surface area contributed by atoms with Crippen molar-refractivity contribution < 1.29 is 0 Å². The smallest absolute Gasteiger partial charge is 0.193 e. The lowest BCUT2D eigenvalue weighted by Crippen LogP contribution is -2.53. The first-order valence-corrected chi connectivity index (χ1v) is 11.0. The van der Waals surface area contributed by atoms with E-state index in [-0.39, 0.29) is 24.0 Å². The van der Waals surface area contributed by atoms with Crippen molar-refractivity contribution in [1.29, 1.82) is 0 Å². The Bertz CT molecular complexity index is 461. The van der Waals surface area contributed by atoms with Crippen molar-refractivity contribution in [1.82, 2.24) is 20.0 Å². The molecule has 0 aromatic rings. The summed E-state index contributed by atoms with van der Waals surface area (Å²) in [5, 5.41) is 3.60. The summed E-state index contributed by atoms with van der Waals surface area (Å²) in [4.78, 5) is 12.6. The van der Waals surface area contributed by atoms with Gasteiger partial charge < -0.3 is 15.1 Å². The molecule has 2 heterocycles. The van der Waals surface area contributed by atoms with Gasteiger partial charge in [0, 0.05) is 45.3 Å². The van der Waals surface area contributed by atoms with Crippen molar-refractivity contribution in [2.24, 2.45) is 10.4 Å². The second kappa shape index (κ2) is 11.2. The third-order valence-corrected chi connectivity index (χ3v) is 6.89. The Morgan fingerprint density at radius 3 is 2.41 bits per heavy atom. The van der Waals surface area contributed by atoms with Crippen LogP contribution in [-0.4, -0.2) is 86.6 Å². The summed E-state index contributed by atoms with van der Waals surface area (Å²) in [6.07, 6.45) is 11.4. The molecule has 5 nitrogen and oxygen atoms in total. The van der Waals surface area contributed by atoms with Crippen LogP contribution < -0.4 is 5.32 Å². The van der Waals surface area contributed by atoms with Gasteiger partial charge in [-0.15, -0.1) is 24.0 Å². The number of piperazine rings is 1. The first-order valence-electron chi connectivity index (χ1n) is 11.0. The molecule has 0 aromatic carbocycles. The van der Waals surface area contributed by atoms with Crippen molar-refractivity contribution in [3.05, 3.63) is 0 Å². The van der Waals surface area contributed by atoms with Crippen LogP contribution in [0.25, 0.3) is 0 Å². The van der Waals surface area contributed by atoms with Crippen LogP contribution in [0.15, 0.2) is 4.99 Å². The van der Waals surface area contributed by atoms with Crippen LogP contribution in [-0.2, 0) is 0 Å². The van der Waals surface area contributed by atoms with Crippen LogP contribution in [0.5, 0.6) is 0 Å². The highest BCUT2D eigenvalue weighted by Gasteiger charge is 2.36. The Labute approximate surface area is 184 Å². The molecule has 1 saturated carbocycles. The number of guanidine groups is 1. The fourth-order valence-electron chi connectivity index (χ4n) is 5.19. The van der Waals surface area contributed by atoms with Gasteiger partial charge in [0.15, 0.2) is 5.96 Å². The molecule has 27 heavy (non-hydrogen) atoms. The van der Waals surface area contributed by atoms with Crippen LogP contribution in [0.2, 0.25) is 0 Å². The fraction of sp³-hybridized carbons (Fsp3) is 0.952. The SMILES string of the molecule is CCNC(=NCC1CN(C)CCN1C)N1CCCC2(CCCCCC2)C1.I. The predicted octanol–water partition coefficient (Wildman–Crippen LogP) is 3.25. The van der Waals surface area contributed by atoms with Gasteiger partial charge >= 0.3 is 0 Å². The van der Waals surface area contributed by atoms with E-state index in [1.54, 1.807) is 0 Å². The summed E-state index contributed by atoms with van der Waals surface area (Å²) in [5.41, 5.74) is 0.562. The lowest BCUT2D eigenvalue weighted by atomic mass is 9.74. The van der Waals surface area contributed by atoms with Gasteiger partial charge in [0.2, 0.25) is 0 Å². The predicted molar refractivity (Wildman–Crippen MR) is 126 cm³/mol. The molecule has 3 fully saturated rings. The summed E-state index contributed by atoms with van der Waals surface area (Å²) < 4.78 is 0. The minimum Gasteiger partial charge on any atom is -0.357 e. The third-order valence-electron chi connectivity index (χ3n) is 6.89. The van der Waals surface area contributed by atoms with E-state index >= 15 is 0 Å². The molecule has 1 atom stereocenters. The minimum atomic E-state index is 0. The topological polar surface area (TPSA) is 34.1 Å². The minimum absolute atomic E-state index is 0. The fourth-order valence-corrected chi connectivity index (χ4v) is 5.19. The molecule has 1 N–H and O–H groups in total.